The molecule has 0 aliphatic heterocycles. The highest BCUT2D eigenvalue weighted by Crippen LogP contribution is 2.26. The van der Waals surface area contributed by atoms with E-state index >= 15 is 0 Å². The third-order valence-electron chi connectivity index (χ3n) is 3.40. The lowest BCUT2D eigenvalue weighted by molar-refractivity contribution is -0.141. The Bertz CT molecular complexity index is 580. The second-order valence-electron chi connectivity index (χ2n) is 4.87. The van der Waals surface area contributed by atoms with Gasteiger partial charge in [0.15, 0.2) is 17.5 Å². The molecule has 3 N–H and O–H groups in total. The van der Waals surface area contributed by atoms with E-state index in [1.807, 2.05) is 0 Å². The number of hydrogen-bond acceptors (Lipinski definition) is 2. The van der Waals surface area contributed by atoms with Crippen LogP contribution >= 0.6 is 0 Å². The molecule has 1 aromatic rings. The number of nitrogens with one attached hydrogen (secondary N) is 2. The fraction of sp³-hybridized carbons (Fsp3) is 0.385. The minimum Gasteiger partial charge on any atom is -0.481 e. The Morgan fingerprint density at radius 3 is 2.48 bits per heavy atom. The molecule has 8 heteroatoms. The van der Waals surface area contributed by atoms with Gasteiger partial charge in [0, 0.05) is 6.04 Å². The summed E-state index contributed by atoms with van der Waals surface area (Å²) in [4.78, 5) is 22.4. The fourth-order valence-electron chi connectivity index (χ4n) is 2.30. The number of urea groups is 1. The molecule has 1 fully saturated rings. The van der Waals surface area contributed by atoms with Crippen molar-refractivity contribution in [3.8, 4) is 0 Å². The van der Waals surface area contributed by atoms with E-state index in [9.17, 15) is 22.8 Å². The molecule has 0 heterocycles. The van der Waals surface area contributed by atoms with Gasteiger partial charge in [-0.15, -0.1) is 0 Å². The topological polar surface area (TPSA) is 78.4 Å². The molecule has 5 nitrogen and oxygen atoms in total. The predicted octanol–water partition coefficient (Wildman–Crippen LogP) is 2.48. The number of benzene rings is 1. The number of rotatable bonds is 3. The molecule has 21 heavy (non-hydrogen) atoms. The molecule has 2 rings (SSSR count). The summed E-state index contributed by atoms with van der Waals surface area (Å²) in [6.07, 6.45) is 1.22. The Kier molecular flexibility index (Phi) is 4.35. The van der Waals surface area contributed by atoms with Crippen LogP contribution in [-0.2, 0) is 4.79 Å². The van der Waals surface area contributed by atoms with Gasteiger partial charge < -0.3 is 15.7 Å². The number of amides is 2. The van der Waals surface area contributed by atoms with Crippen LogP contribution in [0, 0.1) is 23.4 Å². The Morgan fingerprint density at radius 1 is 1.14 bits per heavy atom. The molecule has 2 atom stereocenters. The number of carboxylic acids is 1. The zero-order valence-electron chi connectivity index (χ0n) is 10.8. The largest absolute Gasteiger partial charge is 0.481 e. The van der Waals surface area contributed by atoms with E-state index < -0.39 is 41.1 Å². The number of carbonyl (C=O) groups excluding carboxylic acids is 1. The first kappa shape index (κ1) is 15.1. The van der Waals surface area contributed by atoms with E-state index in [2.05, 4.69) is 10.6 Å². The quantitative estimate of drug-likeness (QED) is 0.751. The predicted molar refractivity (Wildman–Crippen MR) is 67.2 cm³/mol. The maximum Gasteiger partial charge on any atom is 0.319 e. The van der Waals surface area contributed by atoms with Crippen molar-refractivity contribution in [2.75, 3.05) is 5.32 Å². The van der Waals surface area contributed by atoms with Gasteiger partial charge in [-0.05, 0) is 31.4 Å². The third kappa shape index (κ3) is 3.45. The molecule has 1 aliphatic rings. The number of anilines is 1. The number of carbonyl (C=O) groups is 2. The van der Waals surface area contributed by atoms with Crippen LogP contribution in [0.15, 0.2) is 12.1 Å². The lowest BCUT2D eigenvalue weighted by Gasteiger charge is -2.14. The van der Waals surface area contributed by atoms with Crippen LogP contribution in [0.5, 0.6) is 0 Å². The van der Waals surface area contributed by atoms with Crippen LogP contribution in [0.3, 0.4) is 0 Å². The van der Waals surface area contributed by atoms with Gasteiger partial charge in [0.2, 0.25) is 0 Å². The van der Waals surface area contributed by atoms with Gasteiger partial charge in [-0.3, -0.25) is 4.79 Å². The smallest absolute Gasteiger partial charge is 0.319 e. The summed E-state index contributed by atoms with van der Waals surface area (Å²) in [6.45, 7) is 0. The van der Waals surface area contributed by atoms with Gasteiger partial charge in [-0.25, -0.2) is 18.0 Å². The van der Waals surface area contributed by atoms with Crippen molar-refractivity contribution in [2.45, 2.75) is 25.3 Å². The average molecular weight is 302 g/mol. The lowest BCUT2D eigenvalue weighted by Crippen LogP contribution is -2.37. The Labute approximate surface area is 118 Å². The molecule has 0 saturated heterocycles. The Morgan fingerprint density at radius 2 is 1.86 bits per heavy atom. The zero-order chi connectivity index (χ0) is 15.6. The van der Waals surface area contributed by atoms with Crippen molar-refractivity contribution in [3.05, 3.63) is 29.6 Å². The van der Waals surface area contributed by atoms with E-state index in [0.717, 1.165) is 6.07 Å². The molecule has 0 radical (unpaired) electrons. The highest BCUT2D eigenvalue weighted by atomic mass is 19.2. The average Bonchev–Trinajstić information content (AvgIpc) is 2.88. The first-order valence-corrected chi connectivity index (χ1v) is 6.32. The number of halogens is 3. The van der Waals surface area contributed by atoms with Crippen molar-refractivity contribution < 1.29 is 27.9 Å². The summed E-state index contributed by atoms with van der Waals surface area (Å²) in [5, 5.41) is 13.4. The van der Waals surface area contributed by atoms with E-state index in [4.69, 9.17) is 5.11 Å². The highest BCUT2D eigenvalue weighted by molar-refractivity contribution is 5.89. The molecule has 1 aliphatic carbocycles. The van der Waals surface area contributed by atoms with Gasteiger partial charge >= 0.3 is 12.0 Å². The first-order chi connectivity index (χ1) is 9.88. The normalized spacial score (nSPS) is 21.1. The van der Waals surface area contributed by atoms with Crippen molar-refractivity contribution in [1.82, 2.24) is 5.32 Å². The van der Waals surface area contributed by atoms with Crippen LogP contribution in [0.25, 0.3) is 0 Å². The molecule has 0 bridgehead atoms. The standard InChI is InChI=1S/C13H13F3N2O3/c14-8-3-4-9(11(16)10(8)15)18-13(21)17-7-2-1-6(5-7)12(19)20/h3-4,6-7H,1-2,5H2,(H,19,20)(H2,17,18,21). The zero-order valence-corrected chi connectivity index (χ0v) is 10.8. The van der Waals surface area contributed by atoms with E-state index in [1.165, 1.54) is 0 Å². The fourth-order valence-corrected chi connectivity index (χ4v) is 2.30. The minimum atomic E-state index is -1.67. The van der Waals surface area contributed by atoms with Gasteiger partial charge in [-0.1, -0.05) is 0 Å². The van der Waals surface area contributed by atoms with E-state index in [-0.39, 0.29) is 12.5 Å². The monoisotopic (exact) mass is 302 g/mol. The highest BCUT2D eigenvalue weighted by Gasteiger charge is 2.30. The summed E-state index contributed by atoms with van der Waals surface area (Å²) in [6, 6.07) is 0.460. The molecule has 1 saturated carbocycles. The molecule has 0 spiro atoms. The van der Waals surface area contributed by atoms with Gasteiger partial charge in [-0.2, -0.15) is 0 Å². The van der Waals surface area contributed by atoms with Gasteiger partial charge in [0.25, 0.3) is 0 Å². The maximum atomic E-state index is 13.4. The molecular weight excluding hydrogens is 289 g/mol. The molecular formula is C13H13F3N2O3. The van der Waals surface area contributed by atoms with Crippen molar-refractivity contribution in [2.24, 2.45) is 5.92 Å². The first-order valence-electron chi connectivity index (χ1n) is 6.32. The molecule has 2 amide bonds. The van der Waals surface area contributed by atoms with Crippen LogP contribution < -0.4 is 10.6 Å². The Hall–Kier alpha value is -2.25. The lowest BCUT2D eigenvalue weighted by atomic mass is 10.1. The van der Waals surface area contributed by atoms with Gasteiger partial charge in [0.1, 0.15) is 0 Å². The van der Waals surface area contributed by atoms with Crippen LogP contribution in [0.2, 0.25) is 0 Å². The van der Waals surface area contributed by atoms with Crippen molar-refractivity contribution in [3.63, 3.8) is 0 Å². The molecule has 1 aromatic carbocycles. The van der Waals surface area contributed by atoms with Crippen LogP contribution in [-0.4, -0.2) is 23.1 Å². The van der Waals surface area contributed by atoms with Crippen molar-refractivity contribution >= 4 is 17.7 Å². The molecule has 2 unspecified atom stereocenters. The summed E-state index contributed by atoms with van der Waals surface area (Å²) in [5.74, 6) is -5.94. The maximum absolute atomic E-state index is 13.4. The Balaban J connectivity index is 1.94. The summed E-state index contributed by atoms with van der Waals surface area (Å²) < 4.78 is 39.1. The molecule has 0 aromatic heterocycles. The minimum absolute atomic E-state index is 0.281. The number of hydrogen-bond donors (Lipinski definition) is 3. The van der Waals surface area contributed by atoms with Crippen LogP contribution in [0.1, 0.15) is 19.3 Å². The second kappa shape index (κ2) is 6.02. The summed E-state index contributed by atoms with van der Waals surface area (Å²) >= 11 is 0. The van der Waals surface area contributed by atoms with Gasteiger partial charge in [0.05, 0.1) is 11.6 Å². The third-order valence-corrected chi connectivity index (χ3v) is 3.40. The summed E-state index contributed by atoms with van der Waals surface area (Å²) in [5.41, 5.74) is -0.487. The van der Waals surface area contributed by atoms with Crippen LogP contribution in [0.4, 0.5) is 23.7 Å². The SMILES string of the molecule is O=C(Nc1ccc(F)c(F)c1F)NC1CCC(C(=O)O)C1. The molecule has 114 valence electrons. The van der Waals surface area contributed by atoms with E-state index in [1.54, 1.807) is 0 Å². The number of aliphatic carboxylic acids is 1. The second-order valence-corrected chi connectivity index (χ2v) is 4.87. The summed E-state index contributed by atoms with van der Waals surface area (Å²) in [7, 11) is 0. The van der Waals surface area contributed by atoms with Crippen molar-refractivity contribution in [1.29, 1.82) is 0 Å². The number of carboxylic acid groups (broad SMARTS) is 1. The van der Waals surface area contributed by atoms with E-state index in [0.29, 0.717) is 18.9 Å².